The van der Waals surface area contributed by atoms with E-state index in [4.69, 9.17) is 5.11 Å². The van der Waals surface area contributed by atoms with E-state index >= 15 is 0 Å². The second-order valence-corrected chi connectivity index (χ2v) is 5.28. The van der Waals surface area contributed by atoms with E-state index in [0.29, 0.717) is 5.92 Å². The molecule has 1 aromatic heterocycles. The minimum atomic E-state index is 0.0492. The highest BCUT2D eigenvalue weighted by Gasteiger charge is 2.09. The van der Waals surface area contributed by atoms with Crippen LogP contribution in [-0.2, 0) is 6.61 Å². The van der Waals surface area contributed by atoms with E-state index in [2.05, 4.69) is 23.7 Å². The van der Waals surface area contributed by atoms with E-state index in [1.165, 1.54) is 0 Å². The van der Waals surface area contributed by atoms with Crippen molar-refractivity contribution in [2.24, 2.45) is 0 Å². The summed E-state index contributed by atoms with van der Waals surface area (Å²) in [6.45, 7) is 5.44. The summed E-state index contributed by atoms with van der Waals surface area (Å²) in [7, 11) is 2.02. The number of aliphatic hydroxyl groups is 2. The maximum Gasteiger partial charge on any atom is 0.128 e. The number of anilines is 1. The first-order valence-corrected chi connectivity index (χ1v) is 7.02. The van der Waals surface area contributed by atoms with Gasteiger partial charge in [-0.15, -0.1) is 0 Å². The minimum absolute atomic E-state index is 0.0492. The Morgan fingerprint density at radius 1 is 1.16 bits per heavy atom. The SMILES string of the molecule is CC(C)c1cc(CO)cc(N(C)CCCCCO)n1. The standard InChI is InChI=1S/C15H26N2O2/c1-12(2)14-9-13(11-19)10-15(16-14)17(3)7-5-4-6-8-18/h9-10,12,18-19H,4-8,11H2,1-3H3. The lowest BCUT2D eigenvalue weighted by molar-refractivity contribution is 0.281. The number of rotatable bonds is 8. The lowest BCUT2D eigenvalue weighted by Crippen LogP contribution is -2.20. The summed E-state index contributed by atoms with van der Waals surface area (Å²) in [5.74, 6) is 1.27. The average Bonchev–Trinajstić information content (AvgIpc) is 2.42. The fraction of sp³-hybridized carbons (Fsp3) is 0.667. The molecule has 1 aromatic rings. The number of aliphatic hydroxyl groups excluding tert-OH is 2. The van der Waals surface area contributed by atoms with Gasteiger partial charge in [0.1, 0.15) is 5.82 Å². The van der Waals surface area contributed by atoms with E-state index in [9.17, 15) is 5.11 Å². The molecule has 19 heavy (non-hydrogen) atoms. The van der Waals surface area contributed by atoms with E-state index in [1.807, 2.05) is 19.2 Å². The van der Waals surface area contributed by atoms with Crippen LogP contribution in [0.25, 0.3) is 0 Å². The largest absolute Gasteiger partial charge is 0.396 e. The summed E-state index contributed by atoms with van der Waals surface area (Å²) < 4.78 is 0. The van der Waals surface area contributed by atoms with Gasteiger partial charge in [0.15, 0.2) is 0 Å². The normalized spacial score (nSPS) is 11.1. The molecule has 0 unspecified atom stereocenters. The molecule has 108 valence electrons. The Labute approximate surface area is 116 Å². The van der Waals surface area contributed by atoms with Crippen molar-refractivity contribution in [3.8, 4) is 0 Å². The summed E-state index contributed by atoms with van der Waals surface area (Å²) in [5, 5.41) is 18.1. The van der Waals surface area contributed by atoms with Gasteiger partial charge >= 0.3 is 0 Å². The van der Waals surface area contributed by atoms with Crippen molar-refractivity contribution >= 4 is 5.82 Å². The Morgan fingerprint density at radius 2 is 1.89 bits per heavy atom. The third-order valence-electron chi connectivity index (χ3n) is 3.21. The number of hydrogen-bond donors (Lipinski definition) is 2. The molecule has 2 N–H and O–H groups in total. The third-order valence-corrected chi connectivity index (χ3v) is 3.21. The zero-order chi connectivity index (χ0) is 14.3. The second-order valence-electron chi connectivity index (χ2n) is 5.28. The van der Waals surface area contributed by atoms with Gasteiger partial charge in [-0.3, -0.25) is 0 Å². The molecule has 1 rings (SSSR count). The minimum Gasteiger partial charge on any atom is -0.396 e. The van der Waals surface area contributed by atoms with Gasteiger partial charge in [0.25, 0.3) is 0 Å². The highest BCUT2D eigenvalue weighted by molar-refractivity contribution is 5.42. The number of aromatic nitrogens is 1. The van der Waals surface area contributed by atoms with Crippen molar-refractivity contribution in [2.75, 3.05) is 25.1 Å². The first-order chi connectivity index (χ1) is 9.08. The van der Waals surface area contributed by atoms with Crippen molar-refractivity contribution in [1.29, 1.82) is 0 Å². The van der Waals surface area contributed by atoms with Crippen LogP contribution in [0.3, 0.4) is 0 Å². The first-order valence-electron chi connectivity index (χ1n) is 7.02. The first kappa shape index (κ1) is 15.9. The zero-order valence-electron chi connectivity index (χ0n) is 12.3. The van der Waals surface area contributed by atoms with Crippen LogP contribution < -0.4 is 4.90 Å². The zero-order valence-corrected chi connectivity index (χ0v) is 12.3. The number of unbranched alkanes of at least 4 members (excludes halogenated alkanes) is 2. The van der Waals surface area contributed by atoms with Gasteiger partial charge < -0.3 is 15.1 Å². The van der Waals surface area contributed by atoms with Crippen molar-refractivity contribution < 1.29 is 10.2 Å². The lowest BCUT2D eigenvalue weighted by atomic mass is 10.1. The van der Waals surface area contributed by atoms with Gasteiger partial charge in [-0.25, -0.2) is 4.98 Å². The van der Waals surface area contributed by atoms with Gasteiger partial charge in [-0.2, -0.15) is 0 Å². The second kappa shape index (κ2) is 8.12. The molecule has 0 amide bonds. The maximum absolute atomic E-state index is 9.32. The molecule has 0 spiro atoms. The highest BCUT2D eigenvalue weighted by Crippen LogP contribution is 2.20. The highest BCUT2D eigenvalue weighted by atomic mass is 16.3. The molecule has 4 nitrogen and oxygen atoms in total. The molecule has 1 heterocycles. The predicted octanol–water partition coefficient (Wildman–Crippen LogP) is 2.30. The molecule has 0 saturated heterocycles. The monoisotopic (exact) mass is 266 g/mol. The van der Waals surface area contributed by atoms with Crippen molar-refractivity contribution in [1.82, 2.24) is 4.98 Å². The predicted molar refractivity (Wildman–Crippen MR) is 78.5 cm³/mol. The van der Waals surface area contributed by atoms with Crippen LogP contribution >= 0.6 is 0 Å². The van der Waals surface area contributed by atoms with Crippen LogP contribution in [0.4, 0.5) is 5.82 Å². The average molecular weight is 266 g/mol. The summed E-state index contributed by atoms with van der Waals surface area (Å²) in [4.78, 5) is 6.76. The molecular weight excluding hydrogens is 240 g/mol. The van der Waals surface area contributed by atoms with Crippen LogP contribution in [0.2, 0.25) is 0 Å². The third kappa shape index (κ3) is 5.17. The van der Waals surface area contributed by atoms with Gasteiger partial charge in [0.2, 0.25) is 0 Å². The molecule has 0 aliphatic rings. The Balaban J connectivity index is 2.72. The van der Waals surface area contributed by atoms with Crippen LogP contribution in [0, 0.1) is 0 Å². The topological polar surface area (TPSA) is 56.6 Å². The number of nitrogens with zero attached hydrogens (tertiary/aromatic N) is 2. The Bertz CT molecular complexity index is 380. The molecule has 0 aromatic carbocycles. The van der Waals surface area contributed by atoms with Crippen molar-refractivity contribution in [2.45, 2.75) is 45.6 Å². The van der Waals surface area contributed by atoms with E-state index in [1.54, 1.807) is 0 Å². The Morgan fingerprint density at radius 3 is 2.47 bits per heavy atom. The van der Waals surface area contributed by atoms with Crippen LogP contribution in [0.1, 0.15) is 50.3 Å². The smallest absolute Gasteiger partial charge is 0.128 e. The van der Waals surface area contributed by atoms with E-state index < -0.39 is 0 Å². The molecule has 4 heteroatoms. The molecule has 0 saturated carbocycles. The molecule has 0 aliphatic carbocycles. The summed E-state index contributed by atoms with van der Waals surface area (Å²) in [5.41, 5.74) is 1.93. The quantitative estimate of drug-likeness (QED) is 0.709. The van der Waals surface area contributed by atoms with Gasteiger partial charge in [-0.05, 0) is 42.9 Å². The Kier molecular flexibility index (Phi) is 6.81. The van der Waals surface area contributed by atoms with E-state index in [-0.39, 0.29) is 13.2 Å². The maximum atomic E-state index is 9.32. The van der Waals surface area contributed by atoms with Gasteiger partial charge in [0.05, 0.1) is 6.61 Å². The molecule has 0 bridgehead atoms. The molecule has 0 atom stereocenters. The van der Waals surface area contributed by atoms with E-state index in [0.717, 1.165) is 42.9 Å². The van der Waals surface area contributed by atoms with Crippen molar-refractivity contribution in [3.63, 3.8) is 0 Å². The van der Waals surface area contributed by atoms with Gasteiger partial charge in [0, 0.05) is 25.9 Å². The molecule has 0 radical (unpaired) electrons. The number of hydrogen-bond acceptors (Lipinski definition) is 4. The Hall–Kier alpha value is -1.13. The molecular formula is C15H26N2O2. The lowest BCUT2D eigenvalue weighted by Gasteiger charge is -2.20. The summed E-state index contributed by atoms with van der Waals surface area (Å²) in [6, 6.07) is 3.91. The molecule has 0 aliphatic heterocycles. The van der Waals surface area contributed by atoms with Crippen molar-refractivity contribution in [3.05, 3.63) is 23.4 Å². The van der Waals surface area contributed by atoms with Crippen LogP contribution in [0.5, 0.6) is 0 Å². The summed E-state index contributed by atoms with van der Waals surface area (Å²) >= 11 is 0. The summed E-state index contributed by atoms with van der Waals surface area (Å²) in [6.07, 6.45) is 2.92. The fourth-order valence-electron chi connectivity index (χ4n) is 1.93. The number of pyridine rings is 1. The van der Waals surface area contributed by atoms with Crippen LogP contribution in [0.15, 0.2) is 12.1 Å². The van der Waals surface area contributed by atoms with Crippen LogP contribution in [-0.4, -0.2) is 35.4 Å². The molecule has 0 fully saturated rings. The fourth-order valence-corrected chi connectivity index (χ4v) is 1.93. The van der Waals surface area contributed by atoms with Gasteiger partial charge in [-0.1, -0.05) is 13.8 Å².